The first-order valence-corrected chi connectivity index (χ1v) is 9.22. The summed E-state index contributed by atoms with van der Waals surface area (Å²) < 4.78 is 10.9. The van der Waals surface area contributed by atoms with Crippen LogP contribution in [0, 0.1) is 0 Å². The zero-order chi connectivity index (χ0) is 19.0. The number of nitrogens with zero attached hydrogens (tertiary/aromatic N) is 2. The van der Waals surface area contributed by atoms with Gasteiger partial charge in [0.25, 0.3) is 5.91 Å². The number of ether oxygens (including phenoxy) is 2. The number of likely N-dealkylation sites (N-methyl/N-ethyl adjacent to an activating group) is 1. The number of anilines is 1. The van der Waals surface area contributed by atoms with Gasteiger partial charge >= 0.3 is 6.09 Å². The van der Waals surface area contributed by atoms with Gasteiger partial charge < -0.3 is 24.6 Å². The Kier molecular flexibility index (Phi) is 4.41. The van der Waals surface area contributed by atoms with Gasteiger partial charge in [-0.3, -0.25) is 9.59 Å². The maximum absolute atomic E-state index is 12.8. The minimum atomic E-state index is -0.464. The van der Waals surface area contributed by atoms with Crippen molar-refractivity contribution in [1.29, 1.82) is 0 Å². The molecule has 0 bridgehead atoms. The summed E-state index contributed by atoms with van der Waals surface area (Å²) in [5.74, 6) is 0.460. The van der Waals surface area contributed by atoms with Gasteiger partial charge in [0, 0.05) is 26.6 Å². The first-order valence-electron chi connectivity index (χ1n) is 9.22. The Morgan fingerprint density at radius 3 is 2.89 bits per heavy atom. The van der Waals surface area contributed by atoms with Crippen molar-refractivity contribution in [1.82, 2.24) is 9.80 Å². The zero-order valence-corrected chi connectivity index (χ0v) is 15.3. The van der Waals surface area contributed by atoms with Crippen LogP contribution in [0.5, 0.6) is 5.75 Å². The van der Waals surface area contributed by atoms with Crippen molar-refractivity contribution in [3.8, 4) is 5.75 Å². The summed E-state index contributed by atoms with van der Waals surface area (Å²) in [5.41, 5.74) is 0.969. The second kappa shape index (κ2) is 6.75. The number of rotatable bonds is 2. The van der Waals surface area contributed by atoms with Gasteiger partial charge in [-0.25, -0.2) is 4.79 Å². The molecular weight excluding hydrogens is 350 g/mol. The minimum Gasteiger partial charge on any atom is -0.482 e. The highest BCUT2D eigenvalue weighted by Gasteiger charge is 2.44. The van der Waals surface area contributed by atoms with Crippen molar-refractivity contribution in [3.05, 3.63) is 23.8 Å². The van der Waals surface area contributed by atoms with Gasteiger partial charge in [0.05, 0.1) is 18.7 Å². The SMILES string of the molecule is CN1C[C@]2(CCCN(C(=O)Cc3ccc4c(c3)NC(=O)CO4)CC2)OC1=O. The van der Waals surface area contributed by atoms with E-state index in [2.05, 4.69) is 5.32 Å². The van der Waals surface area contributed by atoms with Crippen LogP contribution in [0.4, 0.5) is 10.5 Å². The predicted molar refractivity (Wildman–Crippen MR) is 96.5 cm³/mol. The highest BCUT2D eigenvalue weighted by Crippen LogP contribution is 2.33. The standard InChI is InChI=1S/C19H23N3O5/c1-21-12-19(27-18(21)25)5-2-7-22(8-6-19)17(24)10-13-3-4-15-14(9-13)20-16(23)11-26-15/h3-4,9H,2,5-8,10-12H2,1H3,(H,20,23)/t19-/m1/s1. The monoisotopic (exact) mass is 373 g/mol. The van der Waals surface area contributed by atoms with Gasteiger partial charge in [0.1, 0.15) is 11.4 Å². The fraction of sp³-hybridized carbons (Fsp3) is 0.526. The quantitative estimate of drug-likeness (QED) is 0.846. The molecule has 0 unspecified atom stereocenters. The fourth-order valence-electron chi connectivity index (χ4n) is 4.00. The first-order chi connectivity index (χ1) is 12.9. The van der Waals surface area contributed by atoms with Crippen LogP contribution in [0.15, 0.2) is 18.2 Å². The van der Waals surface area contributed by atoms with E-state index in [1.807, 2.05) is 11.0 Å². The molecule has 144 valence electrons. The molecule has 3 aliphatic heterocycles. The smallest absolute Gasteiger partial charge is 0.410 e. The molecule has 1 aromatic rings. The molecule has 1 atom stereocenters. The third-order valence-electron chi connectivity index (χ3n) is 5.42. The van der Waals surface area contributed by atoms with Gasteiger partial charge in [-0.1, -0.05) is 6.07 Å². The highest BCUT2D eigenvalue weighted by atomic mass is 16.6. The number of benzene rings is 1. The third kappa shape index (κ3) is 3.56. The average Bonchev–Trinajstić information content (AvgIpc) is 2.79. The van der Waals surface area contributed by atoms with Crippen molar-refractivity contribution in [2.45, 2.75) is 31.3 Å². The van der Waals surface area contributed by atoms with E-state index in [1.54, 1.807) is 24.1 Å². The molecular formula is C19H23N3O5. The van der Waals surface area contributed by atoms with Crippen molar-refractivity contribution < 1.29 is 23.9 Å². The summed E-state index contributed by atoms with van der Waals surface area (Å²) >= 11 is 0. The van der Waals surface area contributed by atoms with Crippen LogP contribution in [-0.2, 0) is 20.7 Å². The lowest BCUT2D eigenvalue weighted by atomic mass is 9.95. The highest BCUT2D eigenvalue weighted by molar-refractivity contribution is 5.95. The molecule has 1 aromatic carbocycles. The van der Waals surface area contributed by atoms with E-state index >= 15 is 0 Å². The molecule has 3 heterocycles. The van der Waals surface area contributed by atoms with Crippen LogP contribution in [0.3, 0.4) is 0 Å². The molecule has 2 fully saturated rings. The molecule has 3 aliphatic rings. The van der Waals surface area contributed by atoms with Crippen LogP contribution in [-0.4, -0.2) is 66.6 Å². The summed E-state index contributed by atoms with van der Waals surface area (Å²) in [4.78, 5) is 39.4. The molecule has 0 aliphatic carbocycles. The number of hydrogen-bond donors (Lipinski definition) is 1. The summed E-state index contributed by atoms with van der Waals surface area (Å²) in [6, 6.07) is 5.42. The Hall–Kier alpha value is -2.77. The average molecular weight is 373 g/mol. The molecule has 1 spiro atoms. The molecule has 8 nitrogen and oxygen atoms in total. The van der Waals surface area contributed by atoms with Gasteiger partial charge in [-0.05, 0) is 30.5 Å². The van der Waals surface area contributed by atoms with Crippen LogP contribution in [0.2, 0.25) is 0 Å². The molecule has 1 N–H and O–H groups in total. The normalized spacial score (nSPS) is 24.8. The fourth-order valence-corrected chi connectivity index (χ4v) is 4.00. The van der Waals surface area contributed by atoms with E-state index in [0.717, 1.165) is 18.4 Å². The largest absolute Gasteiger partial charge is 0.482 e. The lowest BCUT2D eigenvalue weighted by Gasteiger charge is -2.25. The summed E-state index contributed by atoms with van der Waals surface area (Å²) in [7, 11) is 1.74. The Balaban J connectivity index is 1.40. The summed E-state index contributed by atoms with van der Waals surface area (Å²) in [5, 5.41) is 2.76. The third-order valence-corrected chi connectivity index (χ3v) is 5.42. The van der Waals surface area contributed by atoms with E-state index < -0.39 is 5.60 Å². The van der Waals surface area contributed by atoms with Crippen LogP contribution < -0.4 is 10.1 Å². The van der Waals surface area contributed by atoms with Crippen molar-refractivity contribution in [3.63, 3.8) is 0 Å². The number of nitrogens with one attached hydrogen (secondary N) is 1. The molecule has 2 saturated heterocycles. The lowest BCUT2D eigenvalue weighted by Crippen LogP contribution is -2.37. The van der Waals surface area contributed by atoms with E-state index in [-0.39, 0.29) is 30.9 Å². The van der Waals surface area contributed by atoms with Crippen molar-refractivity contribution in [2.75, 3.05) is 38.6 Å². The topological polar surface area (TPSA) is 88.2 Å². The second-order valence-electron chi connectivity index (χ2n) is 7.49. The Labute approximate surface area is 157 Å². The Bertz CT molecular complexity index is 796. The first kappa shape index (κ1) is 17.6. The molecule has 8 heteroatoms. The van der Waals surface area contributed by atoms with Gasteiger partial charge in [-0.15, -0.1) is 0 Å². The van der Waals surface area contributed by atoms with Gasteiger partial charge in [0.15, 0.2) is 6.61 Å². The number of amides is 3. The number of fused-ring (bicyclic) bond motifs is 1. The maximum atomic E-state index is 12.8. The lowest BCUT2D eigenvalue weighted by molar-refractivity contribution is -0.130. The molecule has 4 rings (SSSR count). The summed E-state index contributed by atoms with van der Waals surface area (Å²) in [6.45, 7) is 1.83. The zero-order valence-electron chi connectivity index (χ0n) is 15.3. The van der Waals surface area contributed by atoms with Gasteiger partial charge in [0.2, 0.25) is 5.91 Å². The van der Waals surface area contributed by atoms with Gasteiger partial charge in [-0.2, -0.15) is 0 Å². The molecule has 0 aromatic heterocycles. The van der Waals surface area contributed by atoms with Crippen molar-refractivity contribution in [2.24, 2.45) is 0 Å². The van der Waals surface area contributed by atoms with Crippen LogP contribution >= 0.6 is 0 Å². The second-order valence-corrected chi connectivity index (χ2v) is 7.49. The Morgan fingerprint density at radius 2 is 2.11 bits per heavy atom. The number of hydrogen-bond acceptors (Lipinski definition) is 5. The number of carbonyl (C=O) groups excluding carboxylic acids is 3. The van der Waals surface area contributed by atoms with E-state index in [9.17, 15) is 14.4 Å². The predicted octanol–water partition coefficient (Wildman–Crippen LogP) is 1.39. The number of carbonyl (C=O) groups is 3. The minimum absolute atomic E-state index is 0.0145. The maximum Gasteiger partial charge on any atom is 0.410 e. The van der Waals surface area contributed by atoms with Crippen LogP contribution in [0.1, 0.15) is 24.8 Å². The molecule has 27 heavy (non-hydrogen) atoms. The molecule has 0 saturated carbocycles. The van der Waals surface area contributed by atoms with Crippen molar-refractivity contribution >= 4 is 23.6 Å². The summed E-state index contributed by atoms with van der Waals surface area (Å²) in [6.07, 6.45) is 2.21. The number of likely N-dealkylation sites (tertiary alicyclic amines) is 1. The Morgan fingerprint density at radius 1 is 1.26 bits per heavy atom. The van der Waals surface area contributed by atoms with E-state index in [0.29, 0.717) is 37.5 Å². The van der Waals surface area contributed by atoms with E-state index in [1.165, 1.54) is 0 Å². The van der Waals surface area contributed by atoms with Crippen LogP contribution in [0.25, 0.3) is 0 Å². The molecule has 3 amide bonds. The van der Waals surface area contributed by atoms with E-state index in [4.69, 9.17) is 9.47 Å². The molecule has 0 radical (unpaired) electrons.